The molecule has 2 aromatic carbocycles. The maximum Gasteiger partial charge on any atom is 0.313 e. The van der Waals surface area contributed by atoms with E-state index in [0.29, 0.717) is 5.56 Å². The van der Waals surface area contributed by atoms with Crippen LogP contribution in [0.25, 0.3) is 0 Å². The lowest BCUT2D eigenvalue weighted by Crippen LogP contribution is -2.38. The molecule has 1 N–H and O–H groups in total. The van der Waals surface area contributed by atoms with E-state index in [1.165, 1.54) is 6.07 Å². The molecule has 0 saturated carbocycles. The topological polar surface area (TPSA) is 49.8 Å². The van der Waals surface area contributed by atoms with Gasteiger partial charge in [-0.1, -0.05) is 50.2 Å². The van der Waals surface area contributed by atoms with E-state index in [2.05, 4.69) is 0 Å². The van der Waals surface area contributed by atoms with Gasteiger partial charge in [-0.2, -0.15) is 0 Å². The minimum Gasteiger partial charge on any atom is -0.426 e. The second-order valence-electron chi connectivity index (χ2n) is 7.04. The Morgan fingerprint density at radius 3 is 2.37 bits per heavy atom. The zero-order chi connectivity index (χ0) is 35.9. The van der Waals surface area contributed by atoms with Gasteiger partial charge in [-0.25, -0.2) is 0 Å². The Bertz CT molecular complexity index is 1280. The number of rotatable bonds is 10. The van der Waals surface area contributed by atoms with Crippen LogP contribution in [0.3, 0.4) is 0 Å². The molecule has 0 unspecified atom stereocenters. The van der Waals surface area contributed by atoms with Crippen molar-refractivity contribution in [2.45, 2.75) is 72.2 Å². The average Bonchev–Trinajstić information content (AvgIpc) is 2.88. The van der Waals surface area contributed by atoms with E-state index >= 15 is 0 Å². The van der Waals surface area contributed by atoms with Crippen LogP contribution in [0.15, 0.2) is 48.5 Å². The van der Waals surface area contributed by atoms with Gasteiger partial charge in [0.2, 0.25) is 0 Å². The van der Waals surface area contributed by atoms with Gasteiger partial charge in [0.1, 0.15) is 5.75 Å². The Balaban J connectivity index is 2.98. The minimum absolute atomic E-state index is 0.00673. The SMILES string of the molecule is [2H]C([2H])(O)c1ccc(OC(=O)C(C)C)c([C@H](CCN(C([2H])(C([2H])([2H])[2H])C([2H])([2H])[2H])C([2H])(C([2H])([2H])[2H])C([2H])([2H])[2H])c2ccccc2)c1. The number of nitrogens with zero attached hydrogens (tertiary/aromatic N) is 1. The number of hydrogen-bond donors (Lipinski definition) is 1. The standard InChI is InChI=1S/C26H37NO3/c1-18(2)26(29)30-25-13-12-21(17-28)16-24(25)23(22-10-8-7-9-11-22)14-15-27(19(3)4)20(5)6/h7-13,16,18-20,23,28H,14-15,17H2,1-6H3/t23-/m1/s1/i3D3,4D3,5D3,6D3,17D2,19D,20D. The highest BCUT2D eigenvalue weighted by atomic mass is 16.5. The number of carbonyl (C=O) groups excluding carboxylic acids is 1. The first-order chi connectivity index (χ1) is 20.5. The molecule has 1 atom stereocenters. The molecule has 2 rings (SSSR count). The lowest BCUT2D eigenvalue weighted by Gasteiger charge is -2.32. The quantitative estimate of drug-likeness (QED) is 0.408. The molecule has 4 heteroatoms. The molecular formula is C26H37NO3. The molecule has 0 heterocycles. The summed E-state index contributed by atoms with van der Waals surface area (Å²) < 4.78 is 135. The highest BCUT2D eigenvalue weighted by molar-refractivity contribution is 5.75. The molecule has 0 bridgehead atoms. The van der Waals surface area contributed by atoms with Gasteiger partial charge in [0.25, 0.3) is 0 Å². The first kappa shape index (κ1) is 9.97. The lowest BCUT2D eigenvalue weighted by molar-refractivity contribution is -0.137. The Morgan fingerprint density at radius 1 is 1.13 bits per heavy atom. The number of esters is 1. The Morgan fingerprint density at radius 2 is 1.80 bits per heavy atom. The molecule has 2 aromatic rings. The molecule has 0 fully saturated rings. The van der Waals surface area contributed by atoms with E-state index < -0.39 is 76.8 Å². The van der Waals surface area contributed by atoms with E-state index in [0.717, 1.165) is 12.1 Å². The highest BCUT2D eigenvalue weighted by Crippen LogP contribution is 2.36. The lowest BCUT2D eigenvalue weighted by atomic mass is 9.86. The van der Waals surface area contributed by atoms with Gasteiger partial charge in [-0.3, -0.25) is 9.69 Å². The van der Waals surface area contributed by atoms with Crippen molar-refractivity contribution in [2.24, 2.45) is 5.92 Å². The summed E-state index contributed by atoms with van der Waals surface area (Å²) >= 11 is 0. The third-order valence-corrected chi connectivity index (χ3v) is 4.58. The van der Waals surface area contributed by atoms with Gasteiger partial charge in [0.15, 0.2) is 0 Å². The fourth-order valence-electron chi connectivity index (χ4n) is 2.99. The average molecular weight is 428 g/mol. The maximum absolute atomic E-state index is 12.6. The van der Waals surface area contributed by atoms with E-state index in [9.17, 15) is 9.90 Å². The van der Waals surface area contributed by atoms with Crippen molar-refractivity contribution >= 4 is 5.97 Å². The monoisotopic (exact) mass is 427 g/mol. The predicted octanol–water partition coefficient (Wildman–Crippen LogP) is 5.38. The maximum atomic E-state index is 12.6. The van der Waals surface area contributed by atoms with Crippen molar-refractivity contribution in [2.75, 3.05) is 6.54 Å². The van der Waals surface area contributed by atoms with Crippen molar-refractivity contribution in [3.8, 4) is 5.75 Å². The molecule has 0 spiro atoms. The van der Waals surface area contributed by atoms with Crippen LogP contribution in [-0.2, 0) is 11.4 Å². The molecule has 0 radical (unpaired) electrons. The molecule has 0 saturated heterocycles. The molecular weight excluding hydrogens is 374 g/mol. The summed E-state index contributed by atoms with van der Waals surface area (Å²) in [4.78, 5) is 12.5. The van der Waals surface area contributed by atoms with Crippen LogP contribution in [0.4, 0.5) is 0 Å². The van der Waals surface area contributed by atoms with Crippen molar-refractivity contribution in [3.05, 3.63) is 65.2 Å². The number of hydrogen-bond acceptors (Lipinski definition) is 4. The van der Waals surface area contributed by atoms with Gasteiger partial charge < -0.3 is 9.84 Å². The van der Waals surface area contributed by atoms with Crippen molar-refractivity contribution < 1.29 is 36.6 Å². The van der Waals surface area contributed by atoms with Crippen LogP contribution >= 0.6 is 0 Å². The Kier molecular flexibility index (Phi) is 3.75. The van der Waals surface area contributed by atoms with Crippen LogP contribution in [0.1, 0.15) is 92.2 Å². The molecule has 4 nitrogen and oxygen atoms in total. The molecule has 164 valence electrons. The van der Waals surface area contributed by atoms with Crippen LogP contribution in [0.5, 0.6) is 5.75 Å². The van der Waals surface area contributed by atoms with Gasteiger partial charge in [0, 0.05) is 42.7 Å². The van der Waals surface area contributed by atoms with Gasteiger partial charge in [-0.05, 0) is 63.6 Å². The fraction of sp³-hybridized carbons (Fsp3) is 0.500. The van der Waals surface area contributed by atoms with Crippen molar-refractivity contribution in [1.82, 2.24) is 4.90 Å². The number of aliphatic hydroxyl groups is 1. The normalized spacial score (nSPS) is 23.5. The summed E-state index contributed by atoms with van der Waals surface area (Å²) in [6.07, 6.45) is -0.562. The molecule has 30 heavy (non-hydrogen) atoms. The van der Waals surface area contributed by atoms with Gasteiger partial charge in [-0.15, -0.1) is 0 Å². The molecule has 0 aromatic heterocycles. The summed E-state index contributed by atoms with van der Waals surface area (Å²) in [5.74, 6) is -2.62. The molecule has 0 aliphatic heterocycles. The van der Waals surface area contributed by atoms with Crippen molar-refractivity contribution in [3.63, 3.8) is 0 Å². The zero-order valence-electron chi connectivity index (χ0n) is 32.9. The number of ether oxygens (including phenoxy) is 1. The predicted molar refractivity (Wildman–Crippen MR) is 123 cm³/mol. The Hall–Kier alpha value is -2.17. The van der Waals surface area contributed by atoms with E-state index in [1.54, 1.807) is 44.2 Å². The van der Waals surface area contributed by atoms with Crippen LogP contribution in [0, 0.1) is 5.92 Å². The molecule has 0 aliphatic rings. The van der Waals surface area contributed by atoms with E-state index in [4.69, 9.17) is 26.7 Å². The summed E-state index contributed by atoms with van der Waals surface area (Å²) in [7, 11) is 0. The summed E-state index contributed by atoms with van der Waals surface area (Å²) in [6.45, 7) is -16.4. The van der Waals surface area contributed by atoms with Crippen LogP contribution in [-0.4, -0.2) is 34.6 Å². The number of benzene rings is 2. The van der Waals surface area contributed by atoms with E-state index in [1.807, 2.05) is 0 Å². The van der Waals surface area contributed by atoms with Gasteiger partial charge >= 0.3 is 5.97 Å². The molecule has 0 amide bonds. The first-order valence-electron chi connectivity index (χ1n) is 17.4. The van der Waals surface area contributed by atoms with Crippen LogP contribution in [0.2, 0.25) is 0 Å². The number of carbonyl (C=O) groups is 1. The smallest absolute Gasteiger partial charge is 0.313 e. The highest BCUT2D eigenvalue weighted by Gasteiger charge is 2.23. The second kappa shape index (κ2) is 11.3. The van der Waals surface area contributed by atoms with Gasteiger partial charge in [0.05, 0.1) is 15.2 Å². The van der Waals surface area contributed by atoms with E-state index in [-0.39, 0.29) is 21.8 Å². The Labute approximate surface area is 204 Å². The zero-order valence-corrected chi connectivity index (χ0v) is 16.9. The minimum atomic E-state index is -3.93. The second-order valence-corrected chi connectivity index (χ2v) is 7.04. The summed E-state index contributed by atoms with van der Waals surface area (Å²) in [5, 5.41) is 10.1. The van der Waals surface area contributed by atoms with Crippen molar-refractivity contribution in [1.29, 1.82) is 0 Å². The third kappa shape index (κ3) is 6.41. The summed E-state index contributed by atoms with van der Waals surface area (Å²) in [5.41, 5.74) is 0.0631. The summed E-state index contributed by atoms with van der Waals surface area (Å²) in [6, 6.07) is 3.52. The fourth-order valence-corrected chi connectivity index (χ4v) is 2.99. The first-order valence-corrected chi connectivity index (χ1v) is 9.43. The third-order valence-electron chi connectivity index (χ3n) is 4.58. The molecule has 0 aliphatic carbocycles. The van der Waals surface area contributed by atoms with Crippen LogP contribution < -0.4 is 4.74 Å². The largest absolute Gasteiger partial charge is 0.426 e.